The zero-order valence-electron chi connectivity index (χ0n) is 17.8. The first-order chi connectivity index (χ1) is 14.8. The maximum absolute atomic E-state index is 13.4. The molecule has 2 aliphatic rings. The molecule has 3 heterocycles. The lowest BCUT2D eigenvalue weighted by Crippen LogP contribution is -2.33. The average molecular weight is 413 g/mol. The number of nitrogens with zero attached hydrogens (tertiary/aromatic N) is 5. The molecule has 0 N–H and O–H groups in total. The third-order valence-corrected chi connectivity index (χ3v) is 6.07. The number of Topliss-reactive ketones (excluding diaryl/α,β-unsaturated/α-hetero) is 1. The summed E-state index contributed by atoms with van der Waals surface area (Å²) in [6.45, 7) is 5.64. The molecule has 0 unspecified atom stereocenters. The van der Waals surface area contributed by atoms with Gasteiger partial charge in [0.25, 0.3) is 0 Å². The van der Waals surface area contributed by atoms with Gasteiger partial charge in [0.15, 0.2) is 11.6 Å². The Morgan fingerprint density at radius 1 is 1.10 bits per heavy atom. The molecule has 2 aromatic heterocycles. The van der Waals surface area contributed by atoms with E-state index in [1.54, 1.807) is 23.5 Å². The SMILES string of the molecule is Cc1ncc(-c2ccc3c(c2)N(c2cncc(C(=O)CC4CC4)n2)C(=O)C3(C)C)cn1. The van der Waals surface area contributed by atoms with E-state index in [-0.39, 0.29) is 11.7 Å². The standard InChI is InChI=1S/C24H23N5O2/c1-14-26-10-17(11-27-14)16-6-7-18-20(9-16)29(23(31)24(18,2)3)22-13-25-12-19(28-22)21(30)8-15-4-5-15/h6-7,9-13,15H,4-5,8H2,1-3H3. The number of fused-ring (bicyclic) bond motifs is 1. The fourth-order valence-corrected chi connectivity index (χ4v) is 3.98. The number of hydrogen-bond donors (Lipinski definition) is 0. The Morgan fingerprint density at radius 3 is 2.55 bits per heavy atom. The molecule has 1 aromatic carbocycles. The van der Waals surface area contributed by atoms with Crippen LogP contribution in [0.25, 0.3) is 11.1 Å². The molecule has 7 heteroatoms. The van der Waals surface area contributed by atoms with Crippen molar-refractivity contribution >= 4 is 23.2 Å². The van der Waals surface area contributed by atoms with Crippen LogP contribution in [-0.4, -0.2) is 31.6 Å². The van der Waals surface area contributed by atoms with Crippen LogP contribution in [0.3, 0.4) is 0 Å². The Kier molecular flexibility index (Phi) is 4.43. The minimum absolute atomic E-state index is 0.0199. The predicted octanol–water partition coefficient (Wildman–Crippen LogP) is 4.18. The van der Waals surface area contributed by atoms with Gasteiger partial charge >= 0.3 is 0 Å². The second-order valence-corrected chi connectivity index (χ2v) is 8.85. The summed E-state index contributed by atoms with van der Waals surface area (Å²) in [6, 6.07) is 5.90. The van der Waals surface area contributed by atoms with Gasteiger partial charge in [-0.1, -0.05) is 12.1 Å². The second-order valence-electron chi connectivity index (χ2n) is 8.85. The third-order valence-electron chi connectivity index (χ3n) is 6.07. The van der Waals surface area contributed by atoms with E-state index >= 15 is 0 Å². The van der Waals surface area contributed by atoms with E-state index in [2.05, 4.69) is 19.9 Å². The molecule has 0 atom stereocenters. The van der Waals surface area contributed by atoms with Crippen LogP contribution in [0, 0.1) is 12.8 Å². The minimum Gasteiger partial charge on any atom is -0.292 e. The third kappa shape index (κ3) is 3.40. The van der Waals surface area contributed by atoms with E-state index in [9.17, 15) is 9.59 Å². The molecule has 7 nitrogen and oxygen atoms in total. The van der Waals surface area contributed by atoms with Crippen molar-refractivity contribution in [2.45, 2.75) is 45.4 Å². The highest BCUT2D eigenvalue weighted by Gasteiger charge is 2.45. The Balaban J connectivity index is 1.57. The summed E-state index contributed by atoms with van der Waals surface area (Å²) in [5.74, 6) is 1.42. The normalized spacial score (nSPS) is 17.0. The van der Waals surface area contributed by atoms with Crippen LogP contribution in [0.15, 0.2) is 43.0 Å². The first-order valence-electron chi connectivity index (χ1n) is 10.5. The number of benzene rings is 1. The van der Waals surface area contributed by atoms with Crippen LogP contribution in [0.2, 0.25) is 0 Å². The van der Waals surface area contributed by atoms with Gasteiger partial charge in [-0.15, -0.1) is 0 Å². The van der Waals surface area contributed by atoms with Crippen LogP contribution >= 0.6 is 0 Å². The summed E-state index contributed by atoms with van der Waals surface area (Å²) in [5.41, 5.74) is 3.02. The molecule has 31 heavy (non-hydrogen) atoms. The molecule has 3 aromatic rings. The lowest BCUT2D eigenvalue weighted by molar-refractivity contribution is -0.121. The van der Waals surface area contributed by atoms with Crippen LogP contribution in [0.5, 0.6) is 0 Å². The average Bonchev–Trinajstić information content (AvgIpc) is 3.55. The van der Waals surface area contributed by atoms with Crippen molar-refractivity contribution in [3.05, 3.63) is 60.1 Å². The number of amides is 1. The minimum atomic E-state index is -0.715. The van der Waals surface area contributed by atoms with Gasteiger partial charge in [0.1, 0.15) is 11.5 Å². The smallest absolute Gasteiger partial charge is 0.242 e. The molecule has 0 radical (unpaired) electrons. The van der Waals surface area contributed by atoms with Crippen LogP contribution in [-0.2, 0) is 10.2 Å². The van der Waals surface area contributed by atoms with Gasteiger partial charge < -0.3 is 0 Å². The number of rotatable bonds is 5. The number of carbonyl (C=O) groups is 2. The monoisotopic (exact) mass is 413 g/mol. The number of ketones is 1. The Labute approximate surface area is 180 Å². The molecule has 0 bridgehead atoms. The van der Waals surface area contributed by atoms with Gasteiger partial charge in [-0.25, -0.2) is 15.0 Å². The summed E-state index contributed by atoms with van der Waals surface area (Å²) >= 11 is 0. The number of aryl methyl sites for hydroxylation is 1. The molecule has 1 saturated carbocycles. The lowest BCUT2D eigenvalue weighted by Gasteiger charge is -2.19. The van der Waals surface area contributed by atoms with Gasteiger partial charge in [-0.3, -0.25) is 19.5 Å². The number of carbonyl (C=O) groups excluding carboxylic acids is 2. The molecule has 0 saturated heterocycles. The van der Waals surface area contributed by atoms with Gasteiger partial charge in [0, 0.05) is 24.4 Å². The fraction of sp³-hybridized carbons (Fsp3) is 0.333. The van der Waals surface area contributed by atoms with Crippen LogP contribution in [0.4, 0.5) is 11.5 Å². The maximum Gasteiger partial charge on any atom is 0.242 e. The second kappa shape index (κ2) is 7.04. The van der Waals surface area contributed by atoms with E-state index in [1.165, 1.54) is 6.20 Å². The van der Waals surface area contributed by atoms with Crippen molar-refractivity contribution in [1.82, 2.24) is 19.9 Å². The molecule has 1 aliphatic heterocycles. The Morgan fingerprint density at radius 2 is 1.84 bits per heavy atom. The quantitative estimate of drug-likeness (QED) is 0.583. The Hall–Kier alpha value is -3.48. The van der Waals surface area contributed by atoms with E-state index < -0.39 is 5.41 Å². The van der Waals surface area contributed by atoms with E-state index in [0.717, 1.165) is 35.2 Å². The van der Waals surface area contributed by atoms with Crippen molar-refractivity contribution in [3.8, 4) is 11.1 Å². The number of anilines is 2. The van der Waals surface area contributed by atoms with Gasteiger partial charge in [-0.2, -0.15) is 0 Å². The predicted molar refractivity (Wildman–Crippen MR) is 116 cm³/mol. The van der Waals surface area contributed by atoms with Crippen molar-refractivity contribution in [2.75, 3.05) is 4.90 Å². The lowest BCUT2D eigenvalue weighted by atomic mass is 9.85. The van der Waals surface area contributed by atoms with Crippen molar-refractivity contribution in [1.29, 1.82) is 0 Å². The first-order valence-corrected chi connectivity index (χ1v) is 10.5. The topological polar surface area (TPSA) is 88.9 Å². The highest BCUT2D eigenvalue weighted by Crippen LogP contribution is 2.46. The summed E-state index contributed by atoms with van der Waals surface area (Å²) in [4.78, 5) is 44.9. The zero-order chi connectivity index (χ0) is 21.8. The number of aromatic nitrogens is 4. The van der Waals surface area contributed by atoms with E-state index in [1.807, 2.05) is 39.0 Å². The van der Waals surface area contributed by atoms with E-state index in [4.69, 9.17) is 0 Å². The summed E-state index contributed by atoms with van der Waals surface area (Å²) < 4.78 is 0. The highest BCUT2D eigenvalue weighted by molar-refractivity contribution is 6.12. The molecule has 1 fully saturated rings. The summed E-state index contributed by atoms with van der Waals surface area (Å²) in [7, 11) is 0. The number of hydrogen-bond acceptors (Lipinski definition) is 6. The molecule has 156 valence electrons. The molecule has 1 amide bonds. The Bertz CT molecular complexity index is 1200. The fourth-order valence-electron chi connectivity index (χ4n) is 3.98. The maximum atomic E-state index is 13.4. The van der Waals surface area contributed by atoms with Gasteiger partial charge in [-0.05, 0) is 56.7 Å². The van der Waals surface area contributed by atoms with E-state index in [0.29, 0.717) is 29.7 Å². The summed E-state index contributed by atoms with van der Waals surface area (Å²) in [6.07, 6.45) is 9.25. The molecule has 5 rings (SSSR count). The highest BCUT2D eigenvalue weighted by atomic mass is 16.2. The summed E-state index contributed by atoms with van der Waals surface area (Å²) in [5, 5.41) is 0. The first kappa shape index (κ1) is 19.5. The largest absolute Gasteiger partial charge is 0.292 e. The zero-order valence-corrected chi connectivity index (χ0v) is 17.8. The molecule has 1 aliphatic carbocycles. The van der Waals surface area contributed by atoms with Crippen LogP contribution < -0.4 is 4.90 Å². The van der Waals surface area contributed by atoms with Gasteiger partial charge in [0.05, 0.1) is 23.5 Å². The van der Waals surface area contributed by atoms with Crippen LogP contribution in [0.1, 0.15) is 55.0 Å². The molecular formula is C24H23N5O2. The van der Waals surface area contributed by atoms with Crippen molar-refractivity contribution in [2.24, 2.45) is 5.92 Å². The molecule has 0 spiro atoms. The van der Waals surface area contributed by atoms with Crippen molar-refractivity contribution in [3.63, 3.8) is 0 Å². The molecular weight excluding hydrogens is 390 g/mol. The van der Waals surface area contributed by atoms with Crippen molar-refractivity contribution < 1.29 is 9.59 Å². The van der Waals surface area contributed by atoms with Gasteiger partial charge in [0.2, 0.25) is 5.91 Å².